The fourth-order valence-corrected chi connectivity index (χ4v) is 0. The van der Waals surface area contributed by atoms with Gasteiger partial charge in [-0.15, -0.1) is 0 Å². The van der Waals surface area contributed by atoms with Gasteiger partial charge in [0.15, 0.2) is 0 Å². The summed E-state index contributed by atoms with van der Waals surface area (Å²) in [7, 11) is 0. The minimum atomic E-state index is -0.481. The van der Waals surface area contributed by atoms with E-state index in [-0.39, 0.29) is 29.6 Å². The standard InChI is InChI=1S/C3H5NO.C3H3N.Na/c1-2-3(4)5;1-2-3-4;/h2H,1H2,(H2,4,5);2H,1H2;. The molecule has 10 heavy (non-hydrogen) atoms. The van der Waals surface area contributed by atoms with Gasteiger partial charge in [0.05, 0.1) is 6.07 Å². The summed E-state index contributed by atoms with van der Waals surface area (Å²) in [5, 5.41) is 7.51. The Morgan fingerprint density at radius 1 is 1.60 bits per heavy atom. The van der Waals surface area contributed by atoms with Crippen LogP contribution in [0.2, 0.25) is 0 Å². The molecule has 3 nitrogen and oxygen atoms in total. The van der Waals surface area contributed by atoms with E-state index in [0.717, 1.165) is 6.08 Å². The van der Waals surface area contributed by atoms with Gasteiger partial charge < -0.3 is 5.73 Å². The van der Waals surface area contributed by atoms with Crippen molar-refractivity contribution in [2.45, 2.75) is 0 Å². The molecule has 0 unspecified atom stereocenters. The fourth-order valence-electron chi connectivity index (χ4n) is 0. The van der Waals surface area contributed by atoms with Crippen LogP contribution in [0.1, 0.15) is 0 Å². The number of hydrogen-bond donors (Lipinski definition) is 1. The van der Waals surface area contributed by atoms with E-state index in [1.165, 1.54) is 6.08 Å². The molecule has 1 radical (unpaired) electrons. The number of allylic oxidation sites excluding steroid dienone is 1. The van der Waals surface area contributed by atoms with Crippen LogP contribution in [0.25, 0.3) is 0 Å². The van der Waals surface area contributed by atoms with Gasteiger partial charge in [0, 0.05) is 35.6 Å². The van der Waals surface area contributed by atoms with Crippen LogP contribution in [0.5, 0.6) is 0 Å². The van der Waals surface area contributed by atoms with Crippen molar-refractivity contribution in [3.05, 3.63) is 25.3 Å². The molecule has 1 amide bonds. The number of hydrogen-bond acceptors (Lipinski definition) is 2. The second kappa shape index (κ2) is 15.8. The molecule has 0 spiro atoms. The Labute approximate surface area is 82.5 Å². The van der Waals surface area contributed by atoms with Crippen LogP contribution in [0.4, 0.5) is 0 Å². The molecule has 0 aliphatic rings. The predicted octanol–water partition coefficient (Wildman–Crippen LogP) is -0.0271. The largest absolute Gasteiger partial charge is 0.366 e. The zero-order valence-electron chi connectivity index (χ0n) is 6.00. The topological polar surface area (TPSA) is 66.9 Å². The van der Waals surface area contributed by atoms with Gasteiger partial charge in [-0.3, -0.25) is 4.79 Å². The van der Waals surface area contributed by atoms with Crippen molar-refractivity contribution in [1.82, 2.24) is 0 Å². The molecule has 0 saturated carbocycles. The summed E-state index contributed by atoms with van der Waals surface area (Å²) in [4.78, 5) is 9.47. The number of nitrogens with zero attached hydrogens (tertiary/aromatic N) is 1. The summed E-state index contributed by atoms with van der Waals surface area (Å²) in [6, 6.07) is 1.69. The molecule has 2 N–H and O–H groups in total. The molecule has 0 rings (SSSR count). The smallest absolute Gasteiger partial charge is 0.240 e. The molecule has 0 aromatic carbocycles. The maximum atomic E-state index is 9.47. The summed E-state index contributed by atoms with van der Waals surface area (Å²) in [5.74, 6) is -0.481. The minimum Gasteiger partial charge on any atom is -0.366 e. The number of carbonyl (C=O) groups excluding carboxylic acids is 1. The molecule has 0 saturated heterocycles. The Morgan fingerprint density at radius 3 is 1.80 bits per heavy atom. The molecular weight excluding hydrogens is 139 g/mol. The second-order valence-electron chi connectivity index (χ2n) is 0.940. The number of primary amides is 1. The summed E-state index contributed by atoms with van der Waals surface area (Å²) >= 11 is 0. The molecule has 0 fully saturated rings. The number of nitrogens with two attached hydrogens (primary N) is 1. The van der Waals surface area contributed by atoms with Crippen molar-refractivity contribution in [2.24, 2.45) is 5.73 Å². The Bertz CT molecular complexity index is 148. The molecule has 0 aliphatic carbocycles. The van der Waals surface area contributed by atoms with Crippen LogP contribution in [-0.4, -0.2) is 35.5 Å². The van der Waals surface area contributed by atoms with Crippen LogP contribution in [0.15, 0.2) is 25.3 Å². The van der Waals surface area contributed by atoms with Gasteiger partial charge in [0.2, 0.25) is 5.91 Å². The number of carbonyl (C=O) groups is 1. The number of amides is 1. The van der Waals surface area contributed by atoms with Crippen LogP contribution in [0, 0.1) is 11.3 Å². The molecule has 0 aliphatic heterocycles. The van der Waals surface area contributed by atoms with Crippen LogP contribution < -0.4 is 5.73 Å². The third kappa shape index (κ3) is 51.8. The first-order valence-corrected chi connectivity index (χ1v) is 2.11. The quantitative estimate of drug-likeness (QED) is 0.321. The molecule has 49 valence electrons. The van der Waals surface area contributed by atoms with Crippen LogP contribution in [0.3, 0.4) is 0 Å². The monoisotopic (exact) mass is 147 g/mol. The SMILES string of the molecule is C=CC#N.C=CC(N)=O.[Na]. The van der Waals surface area contributed by atoms with Crippen molar-refractivity contribution in [3.8, 4) is 6.07 Å². The fraction of sp³-hybridized carbons (Fsp3) is 0. The first kappa shape index (κ1) is 16.2. The van der Waals surface area contributed by atoms with E-state index in [4.69, 9.17) is 5.26 Å². The summed E-state index contributed by atoms with van der Waals surface area (Å²) < 4.78 is 0. The van der Waals surface area contributed by atoms with Crippen molar-refractivity contribution in [1.29, 1.82) is 5.26 Å². The van der Waals surface area contributed by atoms with E-state index < -0.39 is 5.91 Å². The van der Waals surface area contributed by atoms with Crippen molar-refractivity contribution in [3.63, 3.8) is 0 Å². The van der Waals surface area contributed by atoms with E-state index in [0.29, 0.717) is 0 Å². The van der Waals surface area contributed by atoms with Gasteiger partial charge in [-0.1, -0.05) is 13.2 Å². The van der Waals surface area contributed by atoms with Gasteiger partial charge in [-0.2, -0.15) is 5.26 Å². The van der Waals surface area contributed by atoms with Crippen molar-refractivity contribution in [2.75, 3.05) is 0 Å². The zero-order valence-corrected chi connectivity index (χ0v) is 8.00. The predicted molar refractivity (Wildman–Crippen MR) is 41.0 cm³/mol. The maximum absolute atomic E-state index is 9.47. The number of nitriles is 1. The molecule has 0 aromatic heterocycles. The molecule has 0 aromatic rings. The summed E-state index contributed by atoms with van der Waals surface area (Å²) in [5.41, 5.74) is 4.53. The van der Waals surface area contributed by atoms with Crippen LogP contribution in [-0.2, 0) is 4.79 Å². The Balaban J connectivity index is -0.0000000910. The average molecular weight is 147 g/mol. The van der Waals surface area contributed by atoms with Crippen molar-refractivity contribution >= 4 is 35.5 Å². The van der Waals surface area contributed by atoms with E-state index >= 15 is 0 Å². The maximum Gasteiger partial charge on any atom is 0.240 e. The first-order valence-electron chi connectivity index (χ1n) is 2.11. The first-order chi connectivity index (χ1) is 4.18. The third-order valence-corrected chi connectivity index (χ3v) is 0.292. The van der Waals surface area contributed by atoms with Gasteiger partial charge in [0.25, 0.3) is 0 Å². The van der Waals surface area contributed by atoms with E-state index in [1.54, 1.807) is 6.07 Å². The van der Waals surface area contributed by atoms with Crippen LogP contribution >= 0.6 is 0 Å². The third-order valence-electron chi connectivity index (χ3n) is 0.292. The second-order valence-corrected chi connectivity index (χ2v) is 0.940. The summed E-state index contributed by atoms with van der Waals surface area (Å²) in [6.07, 6.45) is 2.24. The Kier molecular flexibility index (Phi) is 25.6. The van der Waals surface area contributed by atoms with Gasteiger partial charge in [-0.25, -0.2) is 0 Å². The zero-order chi connectivity index (χ0) is 7.70. The van der Waals surface area contributed by atoms with Gasteiger partial charge in [-0.05, 0) is 6.08 Å². The molecule has 4 heteroatoms. The molecule has 0 atom stereocenters. The summed E-state index contributed by atoms with van der Waals surface area (Å²) in [6.45, 7) is 6.20. The van der Waals surface area contributed by atoms with Gasteiger partial charge in [0.1, 0.15) is 0 Å². The van der Waals surface area contributed by atoms with E-state index in [9.17, 15) is 4.79 Å². The molecule has 0 bridgehead atoms. The molecule has 0 heterocycles. The Hall–Kier alpha value is -0.560. The number of rotatable bonds is 1. The average Bonchev–Trinajstić information content (AvgIpc) is 1.89. The van der Waals surface area contributed by atoms with Gasteiger partial charge >= 0.3 is 0 Å². The van der Waals surface area contributed by atoms with Crippen molar-refractivity contribution < 1.29 is 4.79 Å². The Morgan fingerprint density at radius 2 is 1.80 bits per heavy atom. The van der Waals surface area contributed by atoms with E-state index in [2.05, 4.69) is 18.9 Å². The minimum absolute atomic E-state index is 0. The normalized spacial score (nSPS) is 4.70. The molecular formula is C6H8N2NaO. The van der Waals surface area contributed by atoms with E-state index in [1.807, 2.05) is 0 Å².